The lowest BCUT2D eigenvalue weighted by Gasteiger charge is -2.25. The fourth-order valence-electron chi connectivity index (χ4n) is 3.85. The van der Waals surface area contributed by atoms with Gasteiger partial charge in [0.15, 0.2) is 0 Å². The number of nitrogens with zero attached hydrogens (tertiary/aromatic N) is 1. The lowest BCUT2D eigenvalue weighted by Crippen LogP contribution is -2.48. The highest BCUT2D eigenvalue weighted by Gasteiger charge is 2.31. The Hall–Kier alpha value is -4.63. The van der Waals surface area contributed by atoms with Crippen LogP contribution in [0.5, 0.6) is 0 Å². The molecule has 0 saturated heterocycles. The Morgan fingerprint density at radius 2 is 1.35 bits per heavy atom. The van der Waals surface area contributed by atoms with E-state index in [4.69, 9.17) is 0 Å². The Kier molecular flexibility index (Phi) is 6.56. The van der Waals surface area contributed by atoms with Crippen molar-refractivity contribution in [3.8, 4) is 11.8 Å². The maximum atomic E-state index is 12.9. The van der Waals surface area contributed by atoms with Gasteiger partial charge < -0.3 is 15.1 Å². The number of amides is 1. The summed E-state index contributed by atoms with van der Waals surface area (Å²) in [7, 11) is 0. The number of aliphatic carboxylic acids is 2. The summed E-state index contributed by atoms with van der Waals surface area (Å²) >= 11 is 0. The van der Waals surface area contributed by atoms with Gasteiger partial charge in [0, 0.05) is 17.9 Å². The quantitative estimate of drug-likeness (QED) is 0.433. The van der Waals surface area contributed by atoms with Gasteiger partial charge in [-0.1, -0.05) is 78.7 Å². The molecule has 1 amide bonds. The highest BCUT2D eigenvalue weighted by Crippen LogP contribution is 2.19. The molecule has 4 aromatic carbocycles. The Balaban J connectivity index is 1.62. The molecule has 0 bridgehead atoms. The Labute approximate surface area is 196 Å². The van der Waals surface area contributed by atoms with Gasteiger partial charge in [0.2, 0.25) is 0 Å². The molecule has 0 aliphatic rings. The average Bonchev–Trinajstić information content (AvgIpc) is 2.84. The summed E-state index contributed by atoms with van der Waals surface area (Å²) in [6.07, 6.45) is -0.0448. The lowest BCUT2D eigenvalue weighted by molar-refractivity contribution is -0.152. The second-order valence-electron chi connectivity index (χ2n) is 7.88. The zero-order valence-corrected chi connectivity index (χ0v) is 18.1. The first-order chi connectivity index (χ1) is 16.4. The van der Waals surface area contributed by atoms with Crippen molar-refractivity contribution in [2.24, 2.45) is 0 Å². The number of carboxylic acid groups (broad SMARTS) is 2. The third-order valence-corrected chi connectivity index (χ3v) is 5.53. The van der Waals surface area contributed by atoms with Crippen molar-refractivity contribution in [1.82, 2.24) is 4.90 Å². The fourth-order valence-corrected chi connectivity index (χ4v) is 3.85. The molecule has 0 aliphatic carbocycles. The summed E-state index contributed by atoms with van der Waals surface area (Å²) in [6, 6.07) is 24.9. The summed E-state index contributed by atoms with van der Waals surface area (Å²) in [5.41, 5.74) is 1.25. The summed E-state index contributed by atoms with van der Waals surface area (Å²) in [5.74, 6) is 1.71. The molecule has 0 heterocycles. The molecule has 6 nitrogen and oxygen atoms in total. The number of benzene rings is 4. The van der Waals surface area contributed by atoms with Gasteiger partial charge in [0.1, 0.15) is 12.6 Å². The van der Waals surface area contributed by atoms with E-state index in [2.05, 4.69) is 11.8 Å². The van der Waals surface area contributed by atoms with Gasteiger partial charge in [-0.25, -0.2) is 4.79 Å². The number of rotatable bonds is 6. The first kappa shape index (κ1) is 22.6. The van der Waals surface area contributed by atoms with Crippen LogP contribution in [0.3, 0.4) is 0 Å². The Bertz CT molecular complexity index is 1460. The third-order valence-electron chi connectivity index (χ3n) is 5.53. The van der Waals surface area contributed by atoms with Gasteiger partial charge >= 0.3 is 11.9 Å². The number of carbonyl (C=O) groups is 3. The van der Waals surface area contributed by atoms with Crippen molar-refractivity contribution < 1.29 is 24.6 Å². The summed E-state index contributed by atoms with van der Waals surface area (Å²) < 4.78 is 0. The molecule has 0 aliphatic heterocycles. The van der Waals surface area contributed by atoms with Crippen molar-refractivity contribution >= 4 is 39.4 Å². The monoisotopic (exact) mass is 451 g/mol. The van der Waals surface area contributed by atoms with E-state index in [0.29, 0.717) is 11.1 Å². The second kappa shape index (κ2) is 9.88. The largest absolute Gasteiger partial charge is 0.480 e. The predicted octanol–water partition coefficient (Wildman–Crippen LogP) is 3.95. The minimum atomic E-state index is -1.38. The lowest BCUT2D eigenvalue weighted by atomic mass is 10.0. The average molecular weight is 451 g/mol. The van der Waals surface area contributed by atoms with E-state index in [9.17, 15) is 24.6 Å². The smallest absolute Gasteiger partial charge is 0.326 e. The molecule has 4 rings (SSSR count). The highest BCUT2D eigenvalue weighted by atomic mass is 16.4. The van der Waals surface area contributed by atoms with Gasteiger partial charge in [0.05, 0.1) is 0 Å². The molecule has 0 saturated carbocycles. The normalized spacial score (nSPS) is 11.4. The molecule has 0 aromatic heterocycles. The van der Waals surface area contributed by atoms with Crippen LogP contribution in [0.1, 0.15) is 11.1 Å². The zero-order valence-electron chi connectivity index (χ0n) is 18.1. The van der Waals surface area contributed by atoms with Crippen molar-refractivity contribution in [3.05, 3.63) is 96.1 Å². The number of fused-ring (bicyclic) bond motifs is 2. The van der Waals surface area contributed by atoms with E-state index in [-0.39, 0.29) is 6.42 Å². The molecule has 0 fully saturated rings. The van der Waals surface area contributed by atoms with Crippen LogP contribution in [-0.2, 0) is 20.8 Å². The van der Waals surface area contributed by atoms with Crippen LogP contribution in [0, 0.1) is 11.8 Å². The minimum absolute atomic E-state index is 0.0448. The first-order valence-corrected chi connectivity index (χ1v) is 10.6. The molecule has 6 heteroatoms. The third kappa shape index (κ3) is 5.22. The van der Waals surface area contributed by atoms with Crippen molar-refractivity contribution in [1.29, 1.82) is 0 Å². The SMILES string of the molecule is O=C(O)CN(C(=O)C#Cc1ccc2ccccc2c1)C(Cc1ccc2ccccc2c1)C(=O)O. The van der Waals surface area contributed by atoms with Crippen LogP contribution in [-0.4, -0.2) is 45.5 Å². The van der Waals surface area contributed by atoms with Crippen LogP contribution in [0.2, 0.25) is 0 Å². The number of hydrogen-bond donors (Lipinski definition) is 2. The molecular formula is C28H21NO5. The standard InChI is InChI=1S/C28H21NO5/c30-26(14-11-19-9-12-21-5-1-3-7-23(21)15-19)29(18-27(31)32)25(28(33)34)17-20-10-13-22-6-2-4-8-24(22)16-20/h1-10,12-13,15-16,25H,17-18H2,(H,31,32)(H,33,34). The van der Waals surface area contributed by atoms with Crippen LogP contribution in [0.4, 0.5) is 0 Å². The topological polar surface area (TPSA) is 94.9 Å². The van der Waals surface area contributed by atoms with Crippen LogP contribution < -0.4 is 0 Å². The van der Waals surface area contributed by atoms with E-state index in [1.165, 1.54) is 0 Å². The van der Waals surface area contributed by atoms with Gasteiger partial charge in [-0.05, 0) is 39.2 Å². The minimum Gasteiger partial charge on any atom is -0.480 e. The Morgan fingerprint density at radius 3 is 1.97 bits per heavy atom. The van der Waals surface area contributed by atoms with Gasteiger partial charge in [0.25, 0.3) is 5.91 Å². The van der Waals surface area contributed by atoms with Crippen molar-refractivity contribution in [3.63, 3.8) is 0 Å². The molecule has 0 spiro atoms. The van der Waals surface area contributed by atoms with Crippen LogP contribution in [0.25, 0.3) is 21.5 Å². The van der Waals surface area contributed by atoms with Crippen LogP contribution >= 0.6 is 0 Å². The molecule has 1 atom stereocenters. The molecule has 0 radical (unpaired) electrons. The van der Waals surface area contributed by atoms with E-state index in [1.54, 1.807) is 12.1 Å². The Morgan fingerprint density at radius 1 is 0.765 bits per heavy atom. The second-order valence-corrected chi connectivity index (χ2v) is 7.88. The number of hydrogen-bond acceptors (Lipinski definition) is 3. The fraction of sp³-hybridized carbons (Fsp3) is 0.107. The summed E-state index contributed by atoms with van der Waals surface area (Å²) in [6.45, 7) is -0.768. The van der Waals surface area contributed by atoms with Crippen molar-refractivity contribution in [2.45, 2.75) is 12.5 Å². The highest BCUT2D eigenvalue weighted by molar-refractivity contribution is 5.98. The van der Waals surface area contributed by atoms with Crippen molar-refractivity contribution in [2.75, 3.05) is 6.54 Å². The van der Waals surface area contributed by atoms with E-state index >= 15 is 0 Å². The van der Waals surface area contributed by atoms with Gasteiger partial charge in [-0.2, -0.15) is 0 Å². The summed E-state index contributed by atoms with van der Waals surface area (Å²) in [5, 5.41) is 23.1. The molecule has 2 N–H and O–H groups in total. The van der Waals surface area contributed by atoms with E-state index in [1.807, 2.05) is 72.8 Å². The molecule has 4 aromatic rings. The van der Waals surface area contributed by atoms with Gasteiger partial charge in [-0.15, -0.1) is 0 Å². The molecule has 1 unspecified atom stereocenters. The molecule has 168 valence electrons. The van der Waals surface area contributed by atoms with E-state index in [0.717, 1.165) is 26.4 Å². The molecule has 34 heavy (non-hydrogen) atoms. The maximum Gasteiger partial charge on any atom is 0.326 e. The molecular weight excluding hydrogens is 430 g/mol. The van der Waals surface area contributed by atoms with Crippen LogP contribution in [0.15, 0.2) is 84.9 Å². The maximum absolute atomic E-state index is 12.9. The predicted molar refractivity (Wildman–Crippen MR) is 129 cm³/mol. The van der Waals surface area contributed by atoms with E-state index < -0.39 is 30.4 Å². The first-order valence-electron chi connectivity index (χ1n) is 10.6. The van der Waals surface area contributed by atoms with Gasteiger partial charge in [-0.3, -0.25) is 9.59 Å². The number of carbonyl (C=O) groups excluding carboxylic acids is 1. The number of carboxylic acids is 2. The summed E-state index contributed by atoms with van der Waals surface area (Å²) in [4.78, 5) is 37.2. The zero-order chi connectivity index (χ0) is 24.1.